The summed E-state index contributed by atoms with van der Waals surface area (Å²) in [7, 11) is 4.66. The van der Waals surface area contributed by atoms with Gasteiger partial charge in [0.2, 0.25) is 0 Å². The summed E-state index contributed by atoms with van der Waals surface area (Å²) in [5.41, 5.74) is 2.90. The smallest absolute Gasteiger partial charge is 0.496 e. The van der Waals surface area contributed by atoms with E-state index in [4.69, 9.17) is 14.2 Å². The van der Waals surface area contributed by atoms with Crippen LogP contribution in [0.3, 0.4) is 0 Å². The van der Waals surface area contributed by atoms with Crippen molar-refractivity contribution in [1.82, 2.24) is 0 Å². The summed E-state index contributed by atoms with van der Waals surface area (Å²) in [5, 5.41) is 1.08. The minimum atomic E-state index is -0.00703. The number of benzene rings is 2. The normalized spacial score (nSPS) is 11.0. The van der Waals surface area contributed by atoms with Crippen LogP contribution in [0.5, 0.6) is 17.2 Å². The van der Waals surface area contributed by atoms with Crippen LogP contribution in [0.2, 0.25) is 0 Å². The minimum absolute atomic E-state index is 0. The molecule has 2 rings (SSSR count). The Balaban J connectivity index is 0.00000392. The van der Waals surface area contributed by atoms with Crippen molar-refractivity contribution in [2.45, 2.75) is 39.5 Å². The van der Waals surface area contributed by atoms with Crippen molar-refractivity contribution < 1.29 is 37.9 Å². The van der Waals surface area contributed by atoms with Crippen LogP contribution in [0.1, 0.15) is 61.0 Å². The predicted molar refractivity (Wildman–Crippen MR) is 113 cm³/mol. The summed E-state index contributed by atoms with van der Waals surface area (Å²) in [6.45, 7) is 8.62. The Bertz CT molecular complexity index is 793. The van der Waals surface area contributed by atoms with E-state index in [2.05, 4.69) is 45.9 Å². The first-order valence-corrected chi connectivity index (χ1v) is 10.1. The molecule has 6 heteroatoms. The molecule has 0 aromatic heterocycles. The van der Waals surface area contributed by atoms with Crippen LogP contribution in [0.15, 0.2) is 30.3 Å². The Kier molecular flexibility index (Phi) is 9.58. The molecule has 0 heterocycles. The molecule has 0 saturated heterocycles. The van der Waals surface area contributed by atoms with Crippen LogP contribution >= 0.6 is 8.58 Å². The topological polar surface area (TPSA) is 44.8 Å². The number of carbonyl (C=O) groups excluding carboxylic acids is 1. The Morgan fingerprint density at radius 1 is 0.857 bits per heavy atom. The number of methoxy groups -OCH3 is 3. The molecule has 28 heavy (non-hydrogen) atoms. The van der Waals surface area contributed by atoms with Crippen molar-refractivity contribution in [3.05, 3.63) is 47.0 Å². The summed E-state index contributed by atoms with van der Waals surface area (Å²) in [6, 6.07) is 9.91. The van der Waals surface area contributed by atoms with Crippen molar-refractivity contribution in [3.63, 3.8) is 0 Å². The molecule has 0 N–H and O–H groups in total. The number of carbonyl (C=O) groups is 1. The van der Waals surface area contributed by atoms with Crippen LogP contribution in [0.25, 0.3) is 0 Å². The van der Waals surface area contributed by atoms with Crippen LogP contribution in [0, 0.1) is 0 Å². The fourth-order valence-electron chi connectivity index (χ4n) is 2.96. The molecule has 1 unspecified atom stereocenters. The zero-order valence-electron chi connectivity index (χ0n) is 18.2. The third-order valence-corrected chi connectivity index (χ3v) is 5.74. The molecule has 0 fully saturated rings. The van der Waals surface area contributed by atoms with Crippen LogP contribution in [-0.2, 0) is 0 Å². The van der Waals surface area contributed by atoms with E-state index in [1.807, 2.05) is 0 Å². The predicted octanol–water partition coefficient (Wildman–Crippen LogP) is 2.11. The SMILES string of the molecule is COc1cc(OC)c(C(=O)Pc2cc(C(C)C)ccc2C(C)C)c(OC)c1.[Li+]. The van der Waals surface area contributed by atoms with Crippen molar-refractivity contribution in [1.29, 1.82) is 0 Å². The Morgan fingerprint density at radius 3 is 1.86 bits per heavy atom. The second-order valence-electron chi connectivity index (χ2n) is 7.02. The van der Waals surface area contributed by atoms with E-state index in [1.54, 1.807) is 33.5 Å². The fourth-order valence-corrected chi connectivity index (χ4v) is 4.33. The van der Waals surface area contributed by atoms with Gasteiger partial charge in [0.25, 0.3) is 0 Å². The van der Waals surface area contributed by atoms with E-state index in [0.29, 0.717) is 34.6 Å². The monoisotopic (exact) mass is 395 g/mol. The Morgan fingerprint density at radius 2 is 1.43 bits per heavy atom. The van der Waals surface area contributed by atoms with Gasteiger partial charge >= 0.3 is 18.9 Å². The van der Waals surface area contributed by atoms with Gasteiger partial charge in [-0.2, -0.15) is 0 Å². The van der Waals surface area contributed by atoms with Gasteiger partial charge < -0.3 is 14.2 Å². The van der Waals surface area contributed by atoms with Gasteiger partial charge in [-0.25, -0.2) is 0 Å². The van der Waals surface area contributed by atoms with Crippen LogP contribution in [0.4, 0.5) is 0 Å². The summed E-state index contributed by atoms with van der Waals surface area (Å²) < 4.78 is 16.2. The summed E-state index contributed by atoms with van der Waals surface area (Å²) in [4.78, 5) is 13.2. The van der Waals surface area contributed by atoms with Gasteiger partial charge in [0.05, 0.1) is 21.3 Å². The first kappa shape index (κ1) is 24.6. The molecule has 0 aliphatic carbocycles. The Labute approximate surface area is 182 Å². The minimum Gasteiger partial charge on any atom is -0.496 e. The van der Waals surface area contributed by atoms with E-state index in [0.717, 1.165) is 5.30 Å². The summed E-state index contributed by atoms with van der Waals surface area (Å²) in [6.07, 6.45) is 0. The van der Waals surface area contributed by atoms with E-state index >= 15 is 0 Å². The first-order valence-electron chi connectivity index (χ1n) is 9.07. The van der Waals surface area contributed by atoms with E-state index in [9.17, 15) is 4.79 Å². The maximum Gasteiger partial charge on any atom is 1.00 e. The van der Waals surface area contributed by atoms with Crippen LogP contribution in [-0.4, -0.2) is 26.9 Å². The van der Waals surface area contributed by atoms with Gasteiger partial charge in [-0.1, -0.05) is 45.9 Å². The number of hydrogen-bond donors (Lipinski definition) is 0. The molecule has 146 valence electrons. The number of ether oxygens (including phenoxy) is 3. The summed E-state index contributed by atoms with van der Waals surface area (Å²) in [5.74, 6) is 2.29. The molecular weight excluding hydrogens is 366 g/mol. The van der Waals surface area contributed by atoms with Crippen molar-refractivity contribution in [2.75, 3.05) is 21.3 Å². The molecule has 0 aliphatic rings. The average molecular weight is 395 g/mol. The molecule has 4 nitrogen and oxygen atoms in total. The zero-order chi connectivity index (χ0) is 20.1. The quantitative estimate of drug-likeness (QED) is 0.507. The third kappa shape index (κ3) is 5.54. The van der Waals surface area contributed by atoms with Crippen molar-refractivity contribution in [2.24, 2.45) is 0 Å². The zero-order valence-corrected chi connectivity index (χ0v) is 19.2. The molecule has 0 spiro atoms. The molecule has 0 radical (unpaired) electrons. The van der Waals surface area contributed by atoms with E-state index in [-0.39, 0.29) is 33.0 Å². The first-order chi connectivity index (χ1) is 12.8. The average Bonchev–Trinajstić information content (AvgIpc) is 2.66. The molecule has 0 bridgehead atoms. The third-order valence-electron chi connectivity index (χ3n) is 4.56. The largest absolute Gasteiger partial charge is 1.00 e. The van der Waals surface area contributed by atoms with Crippen molar-refractivity contribution in [3.8, 4) is 17.2 Å². The molecule has 0 amide bonds. The molecular formula is C22H29LiO4P+. The standard InChI is InChI=1S/C22H29O4P.Li/c1-13(2)15-8-9-17(14(3)4)20(10-15)27-22(23)21-18(25-6)11-16(24-5)12-19(21)26-7;/h8-14,27H,1-7H3;/q;+1. The van der Waals surface area contributed by atoms with E-state index < -0.39 is 0 Å². The van der Waals surface area contributed by atoms with Gasteiger partial charge in [-0.05, 0) is 36.8 Å². The van der Waals surface area contributed by atoms with Gasteiger partial charge in [-0.3, -0.25) is 4.79 Å². The maximum absolute atomic E-state index is 13.2. The number of hydrogen-bond acceptors (Lipinski definition) is 4. The van der Waals surface area contributed by atoms with Gasteiger partial charge in [-0.15, -0.1) is 0 Å². The molecule has 0 aliphatic heterocycles. The van der Waals surface area contributed by atoms with Crippen molar-refractivity contribution >= 4 is 19.4 Å². The molecule has 0 saturated carbocycles. The van der Waals surface area contributed by atoms with Gasteiger partial charge in [0.15, 0.2) is 5.52 Å². The number of rotatable bonds is 8. The Hall–Kier alpha value is -1.46. The van der Waals surface area contributed by atoms with E-state index in [1.165, 1.54) is 11.1 Å². The van der Waals surface area contributed by atoms with Gasteiger partial charge in [0.1, 0.15) is 22.8 Å². The molecule has 2 aromatic rings. The molecule has 2 aromatic carbocycles. The second-order valence-corrected chi connectivity index (χ2v) is 8.26. The van der Waals surface area contributed by atoms with Gasteiger partial charge in [0, 0.05) is 12.1 Å². The van der Waals surface area contributed by atoms with Crippen LogP contribution < -0.4 is 38.4 Å². The fraction of sp³-hybridized carbons (Fsp3) is 0.409. The maximum atomic E-state index is 13.2. The second kappa shape index (κ2) is 10.9. The molecule has 1 atom stereocenters. The summed E-state index contributed by atoms with van der Waals surface area (Å²) >= 11 is 0.